The van der Waals surface area contributed by atoms with E-state index in [0.29, 0.717) is 12.5 Å². The molecule has 3 N–H and O–H groups in total. The fourth-order valence-electron chi connectivity index (χ4n) is 2.74. The highest BCUT2D eigenvalue weighted by atomic mass is 79.9. The number of carbonyl (C=O) groups excluding carboxylic acids is 1. The summed E-state index contributed by atoms with van der Waals surface area (Å²) in [6.07, 6.45) is 3.35. The number of amides is 1. The Morgan fingerprint density at radius 1 is 1.29 bits per heavy atom. The molecule has 24 heavy (non-hydrogen) atoms. The predicted molar refractivity (Wildman–Crippen MR) is 108 cm³/mol. The zero-order valence-corrected chi connectivity index (χ0v) is 17.3. The van der Waals surface area contributed by atoms with Crippen molar-refractivity contribution in [2.75, 3.05) is 13.1 Å². The Kier molecular flexibility index (Phi) is 11.9. The average Bonchev–Trinajstić information content (AvgIpc) is 2.49. The minimum atomic E-state index is 0. The summed E-state index contributed by atoms with van der Waals surface area (Å²) in [7, 11) is 0. The van der Waals surface area contributed by atoms with Crippen LogP contribution in [0.1, 0.15) is 38.2 Å². The van der Waals surface area contributed by atoms with Crippen molar-refractivity contribution >= 4 is 46.7 Å². The molecule has 0 saturated carbocycles. The van der Waals surface area contributed by atoms with Gasteiger partial charge >= 0.3 is 0 Å². The van der Waals surface area contributed by atoms with Crippen molar-refractivity contribution in [2.45, 2.75) is 51.2 Å². The van der Waals surface area contributed by atoms with Crippen molar-refractivity contribution in [3.05, 3.63) is 34.3 Å². The summed E-state index contributed by atoms with van der Waals surface area (Å²) in [5.74, 6) is 0.142. The summed E-state index contributed by atoms with van der Waals surface area (Å²) < 4.78 is 1.12. The van der Waals surface area contributed by atoms with Gasteiger partial charge in [-0.1, -0.05) is 28.1 Å². The van der Waals surface area contributed by atoms with Crippen molar-refractivity contribution < 1.29 is 4.79 Å². The fraction of sp³-hybridized carbons (Fsp3) is 0.588. The molecule has 0 aliphatic carbocycles. The zero-order valence-electron chi connectivity index (χ0n) is 14.0. The van der Waals surface area contributed by atoms with Gasteiger partial charge in [0.1, 0.15) is 0 Å². The number of rotatable bonds is 6. The van der Waals surface area contributed by atoms with E-state index in [2.05, 4.69) is 50.4 Å². The number of nitrogens with two attached hydrogens (primary N) is 1. The number of likely N-dealkylation sites (tertiary alicyclic amines) is 1. The topological polar surface area (TPSA) is 58.4 Å². The van der Waals surface area contributed by atoms with E-state index in [1.807, 2.05) is 6.92 Å². The molecule has 7 heteroatoms. The molecule has 0 bridgehead atoms. The summed E-state index contributed by atoms with van der Waals surface area (Å²) in [6.45, 7) is 5.00. The van der Waals surface area contributed by atoms with Gasteiger partial charge in [-0.2, -0.15) is 0 Å². The molecule has 1 unspecified atom stereocenters. The van der Waals surface area contributed by atoms with Gasteiger partial charge in [-0.05, 0) is 43.9 Å². The number of carbonyl (C=O) groups is 1. The van der Waals surface area contributed by atoms with E-state index in [1.54, 1.807) is 0 Å². The molecular weight excluding hydrogens is 413 g/mol. The Labute approximate surface area is 165 Å². The van der Waals surface area contributed by atoms with Crippen LogP contribution in [-0.2, 0) is 11.3 Å². The second kappa shape index (κ2) is 12.1. The zero-order chi connectivity index (χ0) is 15.9. The lowest BCUT2D eigenvalue weighted by atomic mass is 10.0. The van der Waals surface area contributed by atoms with Gasteiger partial charge in [-0.3, -0.25) is 9.69 Å². The molecule has 2 rings (SSSR count). The summed E-state index contributed by atoms with van der Waals surface area (Å²) in [5, 5.41) is 3.14. The average molecular weight is 441 g/mol. The van der Waals surface area contributed by atoms with E-state index in [-0.39, 0.29) is 36.8 Å². The van der Waals surface area contributed by atoms with Gasteiger partial charge in [0.05, 0.1) is 0 Å². The summed E-state index contributed by atoms with van der Waals surface area (Å²) in [5.41, 5.74) is 7.02. The van der Waals surface area contributed by atoms with Gasteiger partial charge in [0, 0.05) is 42.6 Å². The van der Waals surface area contributed by atoms with E-state index in [1.165, 1.54) is 5.56 Å². The van der Waals surface area contributed by atoms with E-state index < -0.39 is 0 Å². The van der Waals surface area contributed by atoms with Crippen molar-refractivity contribution in [3.8, 4) is 0 Å². The van der Waals surface area contributed by atoms with Gasteiger partial charge < -0.3 is 11.1 Å². The lowest BCUT2D eigenvalue weighted by molar-refractivity contribution is -0.122. The SMILES string of the molecule is CC(N)CCC(=O)NC1CCN(Cc2ccc(Br)cc2)CC1.Cl.Cl. The van der Waals surface area contributed by atoms with Crippen LogP contribution >= 0.6 is 40.7 Å². The Morgan fingerprint density at radius 2 is 1.88 bits per heavy atom. The molecule has 1 heterocycles. The minimum absolute atomic E-state index is 0. The molecule has 1 atom stereocenters. The highest BCUT2D eigenvalue weighted by molar-refractivity contribution is 9.10. The predicted octanol–water partition coefficient (Wildman–Crippen LogP) is 3.50. The number of nitrogens with zero attached hydrogens (tertiary/aromatic N) is 1. The number of hydrogen-bond acceptors (Lipinski definition) is 3. The smallest absolute Gasteiger partial charge is 0.220 e. The maximum atomic E-state index is 11.8. The molecule has 1 aliphatic rings. The van der Waals surface area contributed by atoms with Crippen LogP contribution in [0.25, 0.3) is 0 Å². The largest absolute Gasteiger partial charge is 0.353 e. The third-order valence-electron chi connectivity index (χ3n) is 4.10. The maximum Gasteiger partial charge on any atom is 0.220 e. The normalized spacial score (nSPS) is 16.6. The second-order valence-electron chi connectivity index (χ2n) is 6.26. The lowest BCUT2D eigenvalue weighted by Crippen LogP contribution is -2.44. The first kappa shape index (κ1) is 23.7. The van der Waals surface area contributed by atoms with Crippen LogP contribution in [0.5, 0.6) is 0 Å². The Morgan fingerprint density at radius 3 is 2.42 bits per heavy atom. The molecular formula is C17H28BrCl2N3O. The van der Waals surface area contributed by atoms with Crippen molar-refractivity contribution in [1.29, 1.82) is 0 Å². The maximum absolute atomic E-state index is 11.8. The van der Waals surface area contributed by atoms with Gasteiger partial charge in [0.25, 0.3) is 0 Å². The van der Waals surface area contributed by atoms with Crippen molar-refractivity contribution in [3.63, 3.8) is 0 Å². The van der Waals surface area contributed by atoms with Crippen LogP contribution in [0.15, 0.2) is 28.7 Å². The summed E-state index contributed by atoms with van der Waals surface area (Å²) >= 11 is 3.46. The second-order valence-corrected chi connectivity index (χ2v) is 7.18. The first-order valence-electron chi connectivity index (χ1n) is 8.04. The van der Waals surface area contributed by atoms with E-state index in [4.69, 9.17) is 5.73 Å². The first-order chi connectivity index (χ1) is 10.5. The molecule has 1 aliphatic heterocycles. The van der Waals surface area contributed by atoms with Crippen LogP contribution in [0.4, 0.5) is 0 Å². The van der Waals surface area contributed by atoms with Gasteiger partial charge in [0.2, 0.25) is 5.91 Å². The monoisotopic (exact) mass is 439 g/mol. The summed E-state index contributed by atoms with van der Waals surface area (Å²) in [4.78, 5) is 14.3. The third-order valence-corrected chi connectivity index (χ3v) is 4.63. The van der Waals surface area contributed by atoms with Crippen LogP contribution < -0.4 is 11.1 Å². The van der Waals surface area contributed by atoms with Crippen molar-refractivity contribution in [1.82, 2.24) is 10.2 Å². The first-order valence-corrected chi connectivity index (χ1v) is 8.84. The van der Waals surface area contributed by atoms with Crippen LogP contribution in [0.2, 0.25) is 0 Å². The number of benzene rings is 1. The molecule has 138 valence electrons. The Balaban J connectivity index is 0.00000264. The highest BCUT2D eigenvalue weighted by Gasteiger charge is 2.20. The molecule has 1 aromatic rings. The van der Waals surface area contributed by atoms with E-state index in [0.717, 1.165) is 43.4 Å². The summed E-state index contributed by atoms with van der Waals surface area (Å²) in [6, 6.07) is 8.90. The number of piperidine rings is 1. The van der Waals surface area contributed by atoms with Gasteiger partial charge in [-0.25, -0.2) is 0 Å². The highest BCUT2D eigenvalue weighted by Crippen LogP contribution is 2.16. The molecule has 0 spiro atoms. The molecule has 0 aromatic heterocycles. The van der Waals surface area contributed by atoms with E-state index >= 15 is 0 Å². The number of halogens is 3. The van der Waals surface area contributed by atoms with Crippen LogP contribution in [-0.4, -0.2) is 36.0 Å². The lowest BCUT2D eigenvalue weighted by Gasteiger charge is -2.32. The quantitative estimate of drug-likeness (QED) is 0.711. The molecule has 0 radical (unpaired) electrons. The Bertz CT molecular complexity index is 477. The molecule has 1 saturated heterocycles. The molecule has 1 aromatic carbocycles. The Hall–Kier alpha value is -0.330. The number of nitrogens with one attached hydrogen (secondary N) is 1. The minimum Gasteiger partial charge on any atom is -0.353 e. The van der Waals surface area contributed by atoms with E-state index in [9.17, 15) is 4.79 Å². The van der Waals surface area contributed by atoms with Crippen molar-refractivity contribution in [2.24, 2.45) is 5.73 Å². The molecule has 1 fully saturated rings. The third kappa shape index (κ3) is 8.67. The fourth-order valence-corrected chi connectivity index (χ4v) is 3.01. The van der Waals surface area contributed by atoms with Crippen LogP contribution in [0.3, 0.4) is 0 Å². The van der Waals surface area contributed by atoms with Gasteiger partial charge in [-0.15, -0.1) is 24.8 Å². The van der Waals surface area contributed by atoms with Crippen LogP contribution in [0, 0.1) is 0 Å². The molecule has 1 amide bonds. The van der Waals surface area contributed by atoms with Gasteiger partial charge in [0.15, 0.2) is 0 Å². The standard InChI is InChI=1S/C17H26BrN3O.2ClH/c1-13(19)2-7-17(22)20-16-8-10-21(11-9-16)12-14-3-5-15(18)6-4-14;;/h3-6,13,16H,2,7-12,19H2,1H3,(H,20,22);2*1H. The molecule has 4 nitrogen and oxygen atoms in total. The number of hydrogen-bond donors (Lipinski definition) is 2.